The lowest BCUT2D eigenvalue weighted by atomic mass is 9.97. The molecule has 1 rings (SSSR count). The molecule has 1 aliphatic heterocycles. The largest absolute Gasteiger partial charge is 0.314 e. The van der Waals surface area contributed by atoms with E-state index in [-0.39, 0.29) is 0 Å². The van der Waals surface area contributed by atoms with E-state index in [1.807, 2.05) is 0 Å². The Morgan fingerprint density at radius 3 is 2.62 bits per heavy atom. The van der Waals surface area contributed by atoms with Crippen molar-refractivity contribution >= 4 is 0 Å². The minimum absolute atomic E-state index is 0.747. The highest BCUT2D eigenvalue weighted by Gasteiger charge is 2.16. The maximum Gasteiger partial charge on any atom is 0.00766 e. The minimum atomic E-state index is 0.747. The Labute approximate surface area is 102 Å². The molecule has 0 spiro atoms. The monoisotopic (exact) mass is 226 g/mol. The second-order valence-electron chi connectivity index (χ2n) is 5.72. The first-order valence-corrected chi connectivity index (χ1v) is 7.09. The van der Waals surface area contributed by atoms with Gasteiger partial charge < -0.3 is 10.2 Å². The topological polar surface area (TPSA) is 15.3 Å². The van der Waals surface area contributed by atoms with Crippen molar-refractivity contribution in [1.82, 2.24) is 10.2 Å². The molecule has 0 saturated carbocycles. The molecular formula is C14H30N2. The van der Waals surface area contributed by atoms with E-state index in [1.54, 1.807) is 0 Å². The Morgan fingerprint density at radius 1 is 1.25 bits per heavy atom. The van der Waals surface area contributed by atoms with Crippen LogP contribution in [-0.2, 0) is 0 Å². The van der Waals surface area contributed by atoms with Crippen LogP contribution in [0.4, 0.5) is 0 Å². The van der Waals surface area contributed by atoms with E-state index in [4.69, 9.17) is 0 Å². The molecule has 0 amide bonds. The molecule has 2 nitrogen and oxygen atoms in total. The third kappa shape index (κ3) is 4.84. The van der Waals surface area contributed by atoms with E-state index >= 15 is 0 Å². The molecule has 16 heavy (non-hydrogen) atoms. The van der Waals surface area contributed by atoms with Gasteiger partial charge in [0, 0.05) is 12.6 Å². The Kier molecular flexibility index (Phi) is 6.37. The van der Waals surface area contributed by atoms with E-state index in [2.05, 4.69) is 37.9 Å². The summed E-state index contributed by atoms with van der Waals surface area (Å²) in [6, 6.07) is 0.747. The molecule has 0 aromatic carbocycles. The van der Waals surface area contributed by atoms with Crippen molar-refractivity contribution in [1.29, 1.82) is 0 Å². The van der Waals surface area contributed by atoms with E-state index in [9.17, 15) is 0 Å². The maximum absolute atomic E-state index is 3.64. The maximum atomic E-state index is 3.64. The fourth-order valence-electron chi connectivity index (χ4n) is 2.31. The van der Waals surface area contributed by atoms with Crippen LogP contribution in [0.25, 0.3) is 0 Å². The average molecular weight is 226 g/mol. The Bertz CT molecular complexity index is 180. The molecule has 96 valence electrons. The fraction of sp³-hybridized carbons (Fsp3) is 1.00. The van der Waals surface area contributed by atoms with E-state index < -0.39 is 0 Å². The van der Waals surface area contributed by atoms with Gasteiger partial charge in [-0.25, -0.2) is 0 Å². The van der Waals surface area contributed by atoms with Crippen molar-refractivity contribution in [3.63, 3.8) is 0 Å². The minimum Gasteiger partial charge on any atom is -0.314 e. The lowest BCUT2D eigenvalue weighted by Crippen LogP contribution is -2.41. The standard InChI is InChI=1S/C14H30N2/c1-5-14-7-10-16(9-6-8-15-14)11-13(4)12(2)3/h12-15H,5-11H2,1-4H3. The van der Waals surface area contributed by atoms with Crippen LogP contribution in [0.1, 0.15) is 47.0 Å². The van der Waals surface area contributed by atoms with Gasteiger partial charge in [0.25, 0.3) is 0 Å². The molecule has 2 heteroatoms. The van der Waals surface area contributed by atoms with Gasteiger partial charge in [0.15, 0.2) is 0 Å². The van der Waals surface area contributed by atoms with Gasteiger partial charge in [-0.2, -0.15) is 0 Å². The van der Waals surface area contributed by atoms with Crippen molar-refractivity contribution in [3.8, 4) is 0 Å². The molecule has 1 heterocycles. The van der Waals surface area contributed by atoms with Crippen molar-refractivity contribution in [2.75, 3.05) is 26.2 Å². The normalized spacial score (nSPS) is 26.4. The van der Waals surface area contributed by atoms with Gasteiger partial charge in [-0.3, -0.25) is 0 Å². The van der Waals surface area contributed by atoms with E-state index in [0.29, 0.717) is 0 Å². The lowest BCUT2D eigenvalue weighted by Gasteiger charge is -2.31. The first-order valence-electron chi connectivity index (χ1n) is 7.09. The SMILES string of the molecule is CCC1CCN(CC(C)C(C)C)CCCN1. The highest BCUT2D eigenvalue weighted by molar-refractivity contribution is 4.74. The molecule has 1 saturated heterocycles. The summed E-state index contributed by atoms with van der Waals surface area (Å²) < 4.78 is 0. The summed E-state index contributed by atoms with van der Waals surface area (Å²) in [4.78, 5) is 2.67. The highest BCUT2D eigenvalue weighted by Crippen LogP contribution is 2.13. The summed E-state index contributed by atoms with van der Waals surface area (Å²) in [5.74, 6) is 1.64. The number of nitrogens with one attached hydrogen (secondary N) is 1. The zero-order chi connectivity index (χ0) is 12.0. The van der Waals surface area contributed by atoms with Gasteiger partial charge in [0.2, 0.25) is 0 Å². The average Bonchev–Trinajstić information content (AvgIpc) is 2.22. The van der Waals surface area contributed by atoms with Gasteiger partial charge in [0.05, 0.1) is 0 Å². The zero-order valence-electron chi connectivity index (χ0n) is 11.6. The Morgan fingerprint density at radius 2 is 2.00 bits per heavy atom. The summed E-state index contributed by atoms with van der Waals surface area (Å²) in [6.07, 6.45) is 3.90. The smallest absolute Gasteiger partial charge is 0.00766 e. The van der Waals surface area contributed by atoms with Crippen LogP contribution in [0, 0.1) is 11.8 Å². The quantitative estimate of drug-likeness (QED) is 0.793. The molecule has 1 fully saturated rings. The molecule has 2 unspecified atom stereocenters. The molecule has 1 N–H and O–H groups in total. The number of hydrogen-bond acceptors (Lipinski definition) is 2. The van der Waals surface area contributed by atoms with Crippen molar-refractivity contribution < 1.29 is 0 Å². The molecule has 1 aliphatic rings. The van der Waals surface area contributed by atoms with Crippen molar-refractivity contribution in [3.05, 3.63) is 0 Å². The fourth-order valence-corrected chi connectivity index (χ4v) is 2.31. The second-order valence-corrected chi connectivity index (χ2v) is 5.72. The summed E-state index contributed by atoms with van der Waals surface area (Å²) in [5, 5.41) is 3.64. The molecule has 0 aromatic rings. The van der Waals surface area contributed by atoms with E-state index in [0.717, 1.165) is 17.9 Å². The summed E-state index contributed by atoms with van der Waals surface area (Å²) in [6.45, 7) is 14.4. The Balaban J connectivity index is 2.35. The summed E-state index contributed by atoms with van der Waals surface area (Å²) in [5.41, 5.74) is 0. The second kappa shape index (κ2) is 7.29. The third-order valence-electron chi connectivity index (χ3n) is 4.05. The first kappa shape index (κ1) is 14.0. The van der Waals surface area contributed by atoms with Crippen LogP contribution in [0.5, 0.6) is 0 Å². The predicted molar refractivity (Wildman–Crippen MR) is 71.8 cm³/mol. The van der Waals surface area contributed by atoms with Crippen molar-refractivity contribution in [2.24, 2.45) is 11.8 Å². The number of hydrogen-bond donors (Lipinski definition) is 1. The van der Waals surface area contributed by atoms with Crippen LogP contribution in [0.15, 0.2) is 0 Å². The third-order valence-corrected chi connectivity index (χ3v) is 4.05. The van der Waals surface area contributed by atoms with Gasteiger partial charge in [-0.15, -0.1) is 0 Å². The number of rotatable bonds is 4. The van der Waals surface area contributed by atoms with Crippen LogP contribution < -0.4 is 5.32 Å². The predicted octanol–water partition coefficient (Wildman–Crippen LogP) is 2.74. The molecule has 2 atom stereocenters. The van der Waals surface area contributed by atoms with Gasteiger partial charge in [-0.05, 0) is 50.7 Å². The summed E-state index contributed by atoms with van der Waals surface area (Å²) >= 11 is 0. The molecule has 0 aromatic heterocycles. The van der Waals surface area contributed by atoms with Crippen LogP contribution >= 0.6 is 0 Å². The highest BCUT2D eigenvalue weighted by atomic mass is 15.1. The van der Waals surface area contributed by atoms with Gasteiger partial charge >= 0.3 is 0 Å². The van der Waals surface area contributed by atoms with Crippen molar-refractivity contribution in [2.45, 2.75) is 53.0 Å². The first-order chi connectivity index (χ1) is 7.63. The van der Waals surface area contributed by atoms with Crippen LogP contribution in [-0.4, -0.2) is 37.1 Å². The molecule has 0 aliphatic carbocycles. The zero-order valence-corrected chi connectivity index (χ0v) is 11.6. The summed E-state index contributed by atoms with van der Waals surface area (Å²) in [7, 11) is 0. The van der Waals surface area contributed by atoms with E-state index in [1.165, 1.54) is 45.4 Å². The van der Waals surface area contributed by atoms with Crippen LogP contribution in [0.2, 0.25) is 0 Å². The van der Waals surface area contributed by atoms with Gasteiger partial charge in [0.1, 0.15) is 0 Å². The Hall–Kier alpha value is -0.0800. The molecule has 0 radical (unpaired) electrons. The molecular weight excluding hydrogens is 196 g/mol. The molecule has 0 bridgehead atoms. The lowest BCUT2D eigenvalue weighted by molar-refractivity contribution is 0.186. The number of nitrogens with zero attached hydrogens (tertiary/aromatic N) is 1. The van der Waals surface area contributed by atoms with Gasteiger partial charge in [-0.1, -0.05) is 27.7 Å². The van der Waals surface area contributed by atoms with Crippen LogP contribution in [0.3, 0.4) is 0 Å².